The van der Waals surface area contributed by atoms with Gasteiger partial charge in [-0.1, -0.05) is 32.0 Å². The maximum atomic E-state index is 12.3. The molecule has 1 heterocycles. The number of carbonyl (C=O) groups excluding carboxylic acids is 2. The Labute approximate surface area is 132 Å². The Hall–Kier alpha value is -1.88. The number of nitrogens with one attached hydrogen (secondary N) is 1. The molecule has 1 aromatic rings. The molecule has 0 radical (unpaired) electrons. The highest BCUT2D eigenvalue weighted by atomic mass is 16.2. The van der Waals surface area contributed by atoms with Crippen molar-refractivity contribution in [2.75, 3.05) is 39.3 Å². The van der Waals surface area contributed by atoms with Gasteiger partial charge in [0.2, 0.25) is 5.91 Å². The smallest absolute Gasteiger partial charge is 0.253 e. The van der Waals surface area contributed by atoms with E-state index in [1.165, 1.54) is 0 Å². The molecule has 1 N–H and O–H groups in total. The van der Waals surface area contributed by atoms with Crippen molar-refractivity contribution in [3.63, 3.8) is 0 Å². The summed E-state index contributed by atoms with van der Waals surface area (Å²) in [4.78, 5) is 28.0. The summed E-state index contributed by atoms with van der Waals surface area (Å²) in [6, 6.07) is 9.41. The predicted octanol–water partition coefficient (Wildman–Crippen LogP) is 1.22. The number of hydrogen-bond acceptors (Lipinski definition) is 3. The second-order valence-corrected chi connectivity index (χ2v) is 5.95. The standard InChI is InChI=1S/C17H25N3O2/c1-14(2)16(21)18-8-9-19-10-12-20(13-11-19)17(22)15-6-4-3-5-7-15/h3-7,14H,8-13H2,1-2H3,(H,18,21). The van der Waals surface area contributed by atoms with E-state index in [4.69, 9.17) is 0 Å². The predicted molar refractivity (Wildman–Crippen MR) is 86.6 cm³/mol. The lowest BCUT2D eigenvalue weighted by Crippen LogP contribution is -2.50. The van der Waals surface area contributed by atoms with Crippen LogP contribution in [-0.4, -0.2) is 60.9 Å². The molecule has 5 heteroatoms. The Balaban J connectivity index is 1.72. The van der Waals surface area contributed by atoms with E-state index in [-0.39, 0.29) is 17.7 Å². The molecule has 0 aromatic heterocycles. The van der Waals surface area contributed by atoms with Crippen LogP contribution in [0.4, 0.5) is 0 Å². The number of carbonyl (C=O) groups is 2. The molecule has 1 aliphatic heterocycles. The van der Waals surface area contributed by atoms with E-state index in [1.807, 2.05) is 49.1 Å². The van der Waals surface area contributed by atoms with Crippen LogP contribution in [0.3, 0.4) is 0 Å². The third-order valence-corrected chi connectivity index (χ3v) is 3.93. The summed E-state index contributed by atoms with van der Waals surface area (Å²) < 4.78 is 0. The minimum atomic E-state index is 0.0281. The maximum absolute atomic E-state index is 12.3. The summed E-state index contributed by atoms with van der Waals surface area (Å²) >= 11 is 0. The zero-order valence-corrected chi connectivity index (χ0v) is 13.4. The lowest BCUT2D eigenvalue weighted by atomic mass is 10.2. The van der Waals surface area contributed by atoms with Crippen LogP contribution in [0.5, 0.6) is 0 Å². The molecule has 1 fully saturated rings. The van der Waals surface area contributed by atoms with Gasteiger partial charge in [-0.2, -0.15) is 0 Å². The van der Waals surface area contributed by atoms with Gasteiger partial charge in [0.1, 0.15) is 0 Å². The molecular formula is C17H25N3O2. The average molecular weight is 303 g/mol. The van der Waals surface area contributed by atoms with E-state index >= 15 is 0 Å². The van der Waals surface area contributed by atoms with Gasteiger partial charge in [0.25, 0.3) is 5.91 Å². The quantitative estimate of drug-likeness (QED) is 0.890. The molecule has 0 spiro atoms. The molecule has 0 unspecified atom stereocenters. The second kappa shape index (κ2) is 7.94. The van der Waals surface area contributed by atoms with Crippen molar-refractivity contribution in [3.8, 4) is 0 Å². The Morgan fingerprint density at radius 1 is 1.09 bits per heavy atom. The number of amides is 2. The first-order valence-corrected chi connectivity index (χ1v) is 7.92. The van der Waals surface area contributed by atoms with Gasteiger partial charge in [-0.3, -0.25) is 14.5 Å². The maximum Gasteiger partial charge on any atom is 0.253 e. The second-order valence-electron chi connectivity index (χ2n) is 5.95. The van der Waals surface area contributed by atoms with E-state index in [1.54, 1.807) is 0 Å². The normalized spacial score (nSPS) is 15.9. The first kappa shape index (κ1) is 16.5. The minimum absolute atomic E-state index is 0.0281. The van der Waals surface area contributed by atoms with Crippen LogP contribution < -0.4 is 5.32 Å². The molecule has 0 atom stereocenters. The number of nitrogens with zero attached hydrogens (tertiary/aromatic N) is 2. The van der Waals surface area contributed by atoms with Crippen LogP contribution in [0.1, 0.15) is 24.2 Å². The molecule has 1 aliphatic rings. The van der Waals surface area contributed by atoms with Crippen molar-refractivity contribution in [2.24, 2.45) is 5.92 Å². The minimum Gasteiger partial charge on any atom is -0.355 e. The summed E-state index contributed by atoms with van der Waals surface area (Å²) in [6.07, 6.45) is 0. The van der Waals surface area contributed by atoms with E-state index in [2.05, 4.69) is 10.2 Å². The summed E-state index contributed by atoms with van der Waals surface area (Å²) in [5, 5.41) is 2.93. The van der Waals surface area contributed by atoms with E-state index in [0.29, 0.717) is 6.54 Å². The average Bonchev–Trinajstić information content (AvgIpc) is 2.55. The molecule has 22 heavy (non-hydrogen) atoms. The van der Waals surface area contributed by atoms with Crippen molar-refractivity contribution in [3.05, 3.63) is 35.9 Å². The fourth-order valence-corrected chi connectivity index (χ4v) is 2.48. The van der Waals surface area contributed by atoms with Crippen LogP contribution >= 0.6 is 0 Å². The van der Waals surface area contributed by atoms with Crippen LogP contribution in [-0.2, 0) is 4.79 Å². The van der Waals surface area contributed by atoms with Gasteiger partial charge in [-0.05, 0) is 12.1 Å². The van der Waals surface area contributed by atoms with Crippen LogP contribution in [0.2, 0.25) is 0 Å². The Morgan fingerprint density at radius 2 is 1.73 bits per heavy atom. The monoisotopic (exact) mass is 303 g/mol. The summed E-state index contributed by atoms with van der Waals surface area (Å²) in [5.41, 5.74) is 0.750. The molecule has 1 saturated heterocycles. The van der Waals surface area contributed by atoms with Crippen molar-refractivity contribution < 1.29 is 9.59 Å². The molecule has 120 valence electrons. The Kier molecular flexibility index (Phi) is 5.95. The molecular weight excluding hydrogens is 278 g/mol. The summed E-state index contributed by atoms with van der Waals surface area (Å²) in [6.45, 7) is 8.49. The first-order chi connectivity index (χ1) is 10.6. The van der Waals surface area contributed by atoms with Crippen LogP contribution in [0.15, 0.2) is 30.3 Å². The SMILES string of the molecule is CC(C)C(=O)NCCN1CCN(C(=O)c2ccccc2)CC1. The van der Waals surface area contributed by atoms with Gasteiger partial charge < -0.3 is 10.2 Å². The lowest BCUT2D eigenvalue weighted by molar-refractivity contribution is -0.124. The number of hydrogen-bond donors (Lipinski definition) is 1. The van der Waals surface area contributed by atoms with Crippen molar-refractivity contribution in [1.29, 1.82) is 0 Å². The highest BCUT2D eigenvalue weighted by Crippen LogP contribution is 2.08. The van der Waals surface area contributed by atoms with Crippen LogP contribution in [0, 0.1) is 5.92 Å². The van der Waals surface area contributed by atoms with E-state index in [0.717, 1.165) is 38.3 Å². The fourth-order valence-electron chi connectivity index (χ4n) is 2.48. The molecule has 0 aliphatic carbocycles. The zero-order valence-electron chi connectivity index (χ0n) is 13.4. The van der Waals surface area contributed by atoms with Crippen LogP contribution in [0.25, 0.3) is 0 Å². The number of rotatable bonds is 5. The third-order valence-electron chi connectivity index (χ3n) is 3.93. The fraction of sp³-hybridized carbons (Fsp3) is 0.529. The van der Waals surface area contributed by atoms with Gasteiger partial charge in [0.15, 0.2) is 0 Å². The number of benzene rings is 1. The molecule has 5 nitrogen and oxygen atoms in total. The third kappa shape index (κ3) is 4.56. The molecule has 1 aromatic carbocycles. The Bertz CT molecular complexity index is 494. The Morgan fingerprint density at radius 3 is 2.32 bits per heavy atom. The lowest BCUT2D eigenvalue weighted by Gasteiger charge is -2.34. The van der Waals surface area contributed by atoms with Crippen molar-refractivity contribution >= 4 is 11.8 Å². The first-order valence-electron chi connectivity index (χ1n) is 7.92. The number of piperazine rings is 1. The molecule has 2 amide bonds. The van der Waals surface area contributed by atoms with Crippen molar-refractivity contribution in [2.45, 2.75) is 13.8 Å². The van der Waals surface area contributed by atoms with Crippen molar-refractivity contribution in [1.82, 2.24) is 15.1 Å². The topological polar surface area (TPSA) is 52.7 Å². The van der Waals surface area contributed by atoms with E-state index < -0.39 is 0 Å². The van der Waals surface area contributed by atoms with Gasteiger partial charge in [-0.15, -0.1) is 0 Å². The van der Waals surface area contributed by atoms with Gasteiger partial charge >= 0.3 is 0 Å². The van der Waals surface area contributed by atoms with Gasteiger partial charge in [0, 0.05) is 50.7 Å². The summed E-state index contributed by atoms with van der Waals surface area (Å²) in [7, 11) is 0. The largest absolute Gasteiger partial charge is 0.355 e. The molecule has 0 bridgehead atoms. The molecule has 2 rings (SSSR count). The molecule has 0 saturated carbocycles. The van der Waals surface area contributed by atoms with E-state index in [9.17, 15) is 9.59 Å². The van der Waals surface area contributed by atoms with Gasteiger partial charge in [0.05, 0.1) is 0 Å². The summed E-state index contributed by atoms with van der Waals surface area (Å²) in [5.74, 6) is 0.228. The highest BCUT2D eigenvalue weighted by molar-refractivity contribution is 5.94. The zero-order chi connectivity index (χ0) is 15.9. The highest BCUT2D eigenvalue weighted by Gasteiger charge is 2.21. The van der Waals surface area contributed by atoms with Gasteiger partial charge in [-0.25, -0.2) is 0 Å².